The van der Waals surface area contributed by atoms with E-state index in [0.717, 1.165) is 28.2 Å². The molecule has 0 aliphatic heterocycles. The van der Waals surface area contributed by atoms with E-state index in [0.29, 0.717) is 11.6 Å². The van der Waals surface area contributed by atoms with Crippen molar-refractivity contribution in [3.63, 3.8) is 0 Å². The first-order valence-corrected chi connectivity index (χ1v) is 10.5. The summed E-state index contributed by atoms with van der Waals surface area (Å²) in [4.78, 5) is 12.8. The van der Waals surface area contributed by atoms with Crippen LogP contribution in [0.4, 0.5) is 0 Å². The van der Waals surface area contributed by atoms with E-state index in [-0.39, 0.29) is 18.4 Å². The topological polar surface area (TPSA) is 64.7 Å². The highest BCUT2D eigenvalue weighted by atomic mass is 35.5. The predicted molar refractivity (Wildman–Crippen MR) is 122 cm³/mol. The Kier molecular flexibility index (Phi) is 6.18. The zero-order valence-electron chi connectivity index (χ0n) is 17.5. The number of carbonyl (C=O) groups is 1. The average Bonchev–Trinajstić information content (AvgIpc) is 3.40. The van der Waals surface area contributed by atoms with E-state index in [2.05, 4.69) is 15.5 Å². The van der Waals surface area contributed by atoms with Crippen molar-refractivity contribution in [1.82, 2.24) is 24.9 Å². The van der Waals surface area contributed by atoms with Crippen LogP contribution in [0.5, 0.6) is 0 Å². The fourth-order valence-electron chi connectivity index (χ4n) is 3.70. The van der Waals surface area contributed by atoms with Crippen molar-refractivity contribution in [2.75, 3.05) is 6.54 Å². The molecular weight excluding hydrogens is 410 g/mol. The lowest BCUT2D eigenvalue weighted by Crippen LogP contribution is -2.32. The molecule has 31 heavy (non-hydrogen) atoms. The van der Waals surface area contributed by atoms with Crippen molar-refractivity contribution in [3.05, 3.63) is 101 Å². The van der Waals surface area contributed by atoms with Crippen molar-refractivity contribution in [2.45, 2.75) is 26.3 Å². The van der Waals surface area contributed by atoms with Crippen LogP contribution in [0.15, 0.2) is 73.1 Å². The van der Waals surface area contributed by atoms with E-state index in [1.54, 1.807) is 6.20 Å². The molecule has 0 saturated heterocycles. The second kappa shape index (κ2) is 9.18. The maximum Gasteiger partial charge on any atom is 0.224 e. The van der Waals surface area contributed by atoms with E-state index >= 15 is 0 Å². The summed E-state index contributed by atoms with van der Waals surface area (Å²) in [6.07, 6.45) is 3.90. The number of hydrogen-bond donors (Lipinski definition) is 1. The van der Waals surface area contributed by atoms with Crippen LogP contribution in [0.2, 0.25) is 5.02 Å². The molecule has 1 N–H and O–H groups in total. The third-order valence-electron chi connectivity index (χ3n) is 5.37. The average molecular weight is 434 g/mol. The number of nitrogens with zero attached hydrogens (tertiary/aromatic N) is 4. The van der Waals surface area contributed by atoms with Gasteiger partial charge in [0.25, 0.3) is 0 Å². The van der Waals surface area contributed by atoms with Gasteiger partial charge in [-0.05, 0) is 49.7 Å². The van der Waals surface area contributed by atoms with Crippen LogP contribution in [-0.2, 0) is 11.2 Å². The minimum atomic E-state index is -0.120. The molecule has 2 heterocycles. The molecular formula is C24H24ClN5O. The van der Waals surface area contributed by atoms with E-state index in [1.807, 2.05) is 90.1 Å². The quantitative estimate of drug-likeness (QED) is 0.473. The number of amides is 1. The van der Waals surface area contributed by atoms with Gasteiger partial charge in [-0.15, -0.1) is 0 Å². The maximum atomic E-state index is 12.8. The summed E-state index contributed by atoms with van der Waals surface area (Å²) < 4.78 is 3.73. The first kappa shape index (κ1) is 20.9. The van der Waals surface area contributed by atoms with Crippen molar-refractivity contribution >= 4 is 17.5 Å². The lowest BCUT2D eigenvalue weighted by molar-refractivity contribution is -0.120. The van der Waals surface area contributed by atoms with Crippen LogP contribution in [0, 0.1) is 13.8 Å². The summed E-state index contributed by atoms with van der Waals surface area (Å²) in [6, 6.07) is 19.3. The summed E-state index contributed by atoms with van der Waals surface area (Å²) in [5, 5.41) is 12.7. The molecule has 0 unspecified atom stereocenters. The summed E-state index contributed by atoms with van der Waals surface area (Å²) in [5.41, 5.74) is 4.79. The fraction of sp³-hybridized carbons (Fsp3) is 0.208. The normalized spacial score (nSPS) is 12.0. The third-order valence-corrected chi connectivity index (χ3v) is 5.62. The molecule has 7 heteroatoms. The molecule has 0 fully saturated rings. The Balaban J connectivity index is 1.48. The minimum absolute atomic E-state index is 0.0510. The maximum absolute atomic E-state index is 12.8. The highest BCUT2D eigenvalue weighted by Gasteiger charge is 2.19. The van der Waals surface area contributed by atoms with Gasteiger partial charge >= 0.3 is 0 Å². The molecule has 0 aliphatic rings. The molecule has 6 nitrogen and oxygen atoms in total. The number of rotatable bonds is 7. The highest BCUT2D eigenvalue weighted by Crippen LogP contribution is 2.21. The van der Waals surface area contributed by atoms with Crippen LogP contribution in [0.25, 0.3) is 5.69 Å². The first-order chi connectivity index (χ1) is 15.0. The molecule has 4 aromatic rings. The number of aromatic nitrogens is 4. The molecule has 0 saturated carbocycles. The number of aryl methyl sites for hydroxylation is 1. The van der Waals surface area contributed by atoms with Gasteiger partial charge in [0.1, 0.15) is 0 Å². The van der Waals surface area contributed by atoms with E-state index in [4.69, 9.17) is 11.6 Å². The lowest BCUT2D eigenvalue weighted by Gasteiger charge is -2.19. The molecule has 0 spiro atoms. The Labute approximate surface area is 186 Å². The van der Waals surface area contributed by atoms with Crippen molar-refractivity contribution in [2.24, 2.45) is 0 Å². The lowest BCUT2D eigenvalue weighted by atomic mass is 10.1. The van der Waals surface area contributed by atoms with Crippen molar-refractivity contribution < 1.29 is 4.79 Å². The molecule has 0 aliphatic carbocycles. The molecule has 0 radical (unpaired) electrons. The first-order valence-electron chi connectivity index (χ1n) is 10.1. The molecule has 1 amide bonds. The molecule has 0 bridgehead atoms. The highest BCUT2D eigenvalue weighted by molar-refractivity contribution is 6.30. The number of para-hydroxylation sites is 1. The number of hydrogen-bond acceptors (Lipinski definition) is 3. The van der Waals surface area contributed by atoms with Gasteiger partial charge in [-0.3, -0.25) is 9.48 Å². The van der Waals surface area contributed by atoms with Gasteiger partial charge in [-0.1, -0.05) is 41.9 Å². The summed E-state index contributed by atoms with van der Waals surface area (Å²) in [6.45, 7) is 4.36. The summed E-state index contributed by atoms with van der Waals surface area (Å²) in [7, 11) is 0. The standard InChI is InChI=1S/C24H24ClN5O/c1-17-22(18(2)30(28-17)21-7-4-3-5-8-21)15-24(31)26-16-23(29-14-6-13-27-29)19-9-11-20(25)12-10-19/h3-14,23H,15-16H2,1-2H3,(H,26,31)/t23-/m1/s1. The Hall–Kier alpha value is -3.38. The van der Waals surface area contributed by atoms with Gasteiger partial charge in [-0.2, -0.15) is 10.2 Å². The number of benzene rings is 2. The van der Waals surface area contributed by atoms with Gasteiger partial charge < -0.3 is 5.32 Å². The SMILES string of the molecule is Cc1nn(-c2ccccc2)c(C)c1CC(=O)NC[C@H](c1ccc(Cl)cc1)n1cccn1. The Morgan fingerprint density at radius 3 is 2.48 bits per heavy atom. The molecule has 2 aromatic heterocycles. The predicted octanol–water partition coefficient (Wildman–Crippen LogP) is 4.29. The van der Waals surface area contributed by atoms with Gasteiger partial charge in [-0.25, -0.2) is 4.68 Å². The number of nitrogens with one attached hydrogen (secondary N) is 1. The zero-order chi connectivity index (χ0) is 21.8. The second-order valence-electron chi connectivity index (χ2n) is 7.43. The Morgan fingerprint density at radius 1 is 1.06 bits per heavy atom. The second-order valence-corrected chi connectivity index (χ2v) is 7.87. The van der Waals surface area contributed by atoms with Gasteiger partial charge in [0.2, 0.25) is 5.91 Å². The summed E-state index contributed by atoms with van der Waals surface area (Å²) in [5.74, 6) is -0.0510. The Morgan fingerprint density at radius 2 is 1.81 bits per heavy atom. The van der Waals surface area contributed by atoms with E-state index in [1.165, 1.54) is 0 Å². The van der Waals surface area contributed by atoms with Crippen LogP contribution < -0.4 is 5.32 Å². The van der Waals surface area contributed by atoms with Crippen molar-refractivity contribution in [1.29, 1.82) is 0 Å². The van der Waals surface area contributed by atoms with Crippen LogP contribution in [0.1, 0.15) is 28.6 Å². The smallest absolute Gasteiger partial charge is 0.224 e. The number of halogens is 1. The molecule has 2 aromatic carbocycles. The fourth-order valence-corrected chi connectivity index (χ4v) is 3.83. The largest absolute Gasteiger partial charge is 0.353 e. The van der Waals surface area contributed by atoms with Gasteiger partial charge in [0, 0.05) is 35.2 Å². The van der Waals surface area contributed by atoms with E-state index in [9.17, 15) is 4.79 Å². The van der Waals surface area contributed by atoms with Gasteiger partial charge in [0.15, 0.2) is 0 Å². The molecule has 158 valence electrons. The molecule has 4 rings (SSSR count). The molecule has 1 atom stereocenters. The van der Waals surface area contributed by atoms with E-state index < -0.39 is 0 Å². The van der Waals surface area contributed by atoms with Crippen LogP contribution in [-0.4, -0.2) is 32.0 Å². The third kappa shape index (κ3) is 4.70. The van der Waals surface area contributed by atoms with Gasteiger partial charge in [0.05, 0.1) is 23.8 Å². The zero-order valence-corrected chi connectivity index (χ0v) is 18.3. The Bertz CT molecular complexity index is 1150. The van der Waals surface area contributed by atoms with Crippen molar-refractivity contribution in [3.8, 4) is 5.69 Å². The summed E-state index contributed by atoms with van der Waals surface area (Å²) >= 11 is 6.03. The number of carbonyl (C=O) groups excluding carboxylic acids is 1. The minimum Gasteiger partial charge on any atom is -0.353 e. The van der Waals surface area contributed by atoms with Crippen LogP contribution in [0.3, 0.4) is 0 Å². The van der Waals surface area contributed by atoms with Crippen LogP contribution >= 0.6 is 11.6 Å². The monoisotopic (exact) mass is 433 g/mol.